The summed E-state index contributed by atoms with van der Waals surface area (Å²) in [6, 6.07) is 0. The number of carbonyl (C=O) groups excluding carboxylic acids is 2. The van der Waals surface area contributed by atoms with Crippen molar-refractivity contribution in [3.63, 3.8) is 0 Å². The summed E-state index contributed by atoms with van der Waals surface area (Å²) in [5.41, 5.74) is 0. The Morgan fingerprint density at radius 3 is 1.47 bits per heavy atom. The van der Waals surface area contributed by atoms with Gasteiger partial charge in [0.15, 0.2) is 0 Å². The van der Waals surface area contributed by atoms with Crippen LogP contribution in [-0.2, 0) is 41.0 Å². The SMILES string of the molecule is O=C(CC(=O)ON[SH](=O)=O)ON[SH](=O)=O. The highest BCUT2D eigenvalue weighted by Gasteiger charge is 2.12. The molecule has 0 aromatic rings. The van der Waals surface area contributed by atoms with Crippen LogP contribution >= 0.6 is 0 Å². The van der Waals surface area contributed by atoms with Gasteiger partial charge < -0.3 is 9.68 Å². The molecule has 0 rings (SSSR count). The molecule has 12 heteroatoms. The summed E-state index contributed by atoms with van der Waals surface area (Å²) >= 11 is 0. The van der Waals surface area contributed by atoms with Crippen molar-refractivity contribution in [2.24, 2.45) is 0 Å². The fourth-order valence-corrected chi connectivity index (χ4v) is 0.719. The molecule has 0 heterocycles. The molecule has 0 atom stereocenters. The lowest BCUT2D eigenvalue weighted by molar-refractivity contribution is -0.158. The summed E-state index contributed by atoms with van der Waals surface area (Å²) < 4.78 is 39.4. The van der Waals surface area contributed by atoms with Gasteiger partial charge in [0.2, 0.25) is 21.8 Å². The molecule has 0 saturated heterocycles. The van der Waals surface area contributed by atoms with E-state index in [1.165, 1.54) is 9.77 Å². The van der Waals surface area contributed by atoms with Gasteiger partial charge >= 0.3 is 11.9 Å². The molecule has 15 heavy (non-hydrogen) atoms. The molecule has 0 aromatic heterocycles. The molecule has 0 aliphatic heterocycles. The highest BCUT2D eigenvalue weighted by atomic mass is 32.2. The van der Waals surface area contributed by atoms with Crippen molar-refractivity contribution < 1.29 is 36.1 Å². The van der Waals surface area contributed by atoms with Gasteiger partial charge in [-0.3, -0.25) is 0 Å². The monoisotopic (exact) mass is 262 g/mol. The Labute approximate surface area is 86.6 Å². The predicted octanol–water partition coefficient (Wildman–Crippen LogP) is -3.48. The highest BCUT2D eigenvalue weighted by Crippen LogP contribution is 1.86. The van der Waals surface area contributed by atoms with Gasteiger partial charge in [-0.2, -0.15) is 0 Å². The van der Waals surface area contributed by atoms with E-state index in [4.69, 9.17) is 0 Å². The van der Waals surface area contributed by atoms with Crippen LogP contribution in [0.25, 0.3) is 0 Å². The first kappa shape index (κ1) is 13.8. The first-order chi connectivity index (χ1) is 6.91. The number of hydrogen-bond acceptors (Lipinski definition) is 8. The van der Waals surface area contributed by atoms with Crippen molar-refractivity contribution >= 4 is 33.7 Å². The summed E-state index contributed by atoms with van der Waals surface area (Å²) in [5.74, 6) is -2.50. The Bertz CT molecular complexity index is 331. The first-order valence-electron chi connectivity index (χ1n) is 3.11. The molecular formula is C3H6N2O8S2. The van der Waals surface area contributed by atoms with Crippen LogP contribution in [0.1, 0.15) is 6.42 Å². The van der Waals surface area contributed by atoms with E-state index >= 15 is 0 Å². The van der Waals surface area contributed by atoms with Crippen LogP contribution in [0.2, 0.25) is 0 Å². The lowest BCUT2D eigenvalue weighted by Crippen LogP contribution is -2.24. The van der Waals surface area contributed by atoms with E-state index in [2.05, 4.69) is 9.68 Å². The van der Waals surface area contributed by atoms with Crippen molar-refractivity contribution in [2.75, 3.05) is 0 Å². The minimum atomic E-state index is -3.13. The number of hydrogen-bond donors (Lipinski definition) is 4. The topological polar surface area (TPSA) is 145 Å². The van der Waals surface area contributed by atoms with E-state index in [0.717, 1.165) is 0 Å². The first-order valence-corrected chi connectivity index (χ1v) is 5.46. The fraction of sp³-hybridized carbons (Fsp3) is 0.333. The number of carbonyl (C=O) groups is 2. The van der Waals surface area contributed by atoms with Crippen molar-refractivity contribution in [3.8, 4) is 0 Å². The van der Waals surface area contributed by atoms with Gasteiger partial charge in [-0.25, -0.2) is 26.4 Å². The van der Waals surface area contributed by atoms with Gasteiger partial charge in [0, 0.05) is 0 Å². The lowest BCUT2D eigenvalue weighted by Gasteiger charge is -1.99. The summed E-state index contributed by atoms with van der Waals surface area (Å²) in [6.45, 7) is 0. The van der Waals surface area contributed by atoms with Crippen LogP contribution in [0.3, 0.4) is 0 Å². The summed E-state index contributed by atoms with van der Waals surface area (Å²) in [6.07, 6.45) is -0.952. The molecule has 2 N–H and O–H groups in total. The van der Waals surface area contributed by atoms with Crippen LogP contribution < -0.4 is 9.77 Å². The van der Waals surface area contributed by atoms with E-state index in [1.54, 1.807) is 0 Å². The second-order valence-corrected chi connectivity index (χ2v) is 3.22. The molecule has 0 bridgehead atoms. The van der Waals surface area contributed by atoms with Gasteiger partial charge in [-0.15, -0.1) is 0 Å². The summed E-state index contributed by atoms with van der Waals surface area (Å²) in [4.78, 5) is 31.3. The van der Waals surface area contributed by atoms with Gasteiger partial charge in [0.1, 0.15) is 6.42 Å². The van der Waals surface area contributed by atoms with Crippen molar-refractivity contribution in [3.05, 3.63) is 0 Å². The molecule has 0 aliphatic carbocycles. The number of rotatable bonds is 6. The average Bonchev–Trinajstić information content (AvgIpc) is 2.11. The fourth-order valence-electron chi connectivity index (χ4n) is 0.366. The van der Waals surface area contributed by atoms with E-state index in [1.807, 2.05) is 0 Å². The molecule has 0 saturated carbocycles. The Balaban J connectivity index is 3.81. The van der Waals surface area contributed by atoms with Crippen molar-refractivity contribution in [1.29, 1.82) is 0 Å². The summed E-state index contributed by atoms with van der Waals surface area (Å²) in [5, 5.41) is 0. The second-order valence-electron chi connectivity index (χ2n) is 1.82. The molecule has 0 amide bonds. The molecule has 0 unspecified atom stereocenters. The standard InChI is InChI=1S/C3H6N2O8S2/c6-2(12-4-14(8)9)1-3(7)13-5-15(10)11/h14-15H,1H2,(H,4,8,9)(H,5,10,11). The Morgan fingerprint density at radius 2 is 1.20 bits per heavy atom. The molecule has 0 spiro atoms. The molecule has 0 fully saturated rings. The number of nitrogens with one attached hydrogen (secondary N) is 2. The number of thiol groups is 2. The lowest BCUT2D eigenvalue weighted by atomic mass is 10.5. The van der Waals surface area contributed by atoms with Crippen LogP contribution in [0.4, 0.5) is 0 Å². The van der Waals surface area contributed by atoms with Crippen LogP contribution in [-0.4, -0.2) is 28.8 Å². The third kappa shape index (κ3) is 9.07. The zero-order valence-corrected chi connectivity index (χ0v) is 8.66. The third-order valence-electron chi connectivity index (χ3n) is 0.757. The van der Waals surface area contributed by atoms with Crippen LogP contribution in [0, 0.1) is 0 Å². The second kappa shape index (κ2) is 7.10. The predicted molar refractivity (Wildman–Crippen MR) is 43.7 cm³/mol. The maximum atomic E-state index is 10.6. The molecule has 0 aliphatic rings. The highest BCUT2D eigenvalue weighted by molar-refractivity contribution is 7.70. The minimum Gasteiger partial charge on any atom is -0.355 e. The van der Waals surface area contributed by atoms with E-state index in [0.29, 0.717) is 0 Å². The quantitative estimate of drug-likeness (QED) is 0.219. The van der Waals surface area contributed by atoms with Crippen LogP contribution in [0.15, 0.2) is 0 Å². The van der Waals surface area contributed by atoms with Gasteiger partial charge in [-0.1, -0.05) is 0 Å². The molecular weight excluding hydrogens is 256 g/mol. The van der Waals surface area contributed by atoms with Crippen molar-refractivity contribution in [2.45, 2.75) is 6.42 Å². The molecule has 0 aromatic carbocycles. The maximum absolute atomic E-state index is 10.6. The molecule has 0 radical (unpaired) electrons. The van der Waals surface area contributed by atoms with Gasteiger partial charge in [0.05, 0.1) is 0 Å². The van der Waals surface area contributed by atoms with Crippen molar-refractivity contribution in [1.82, 2.24) is 9.77 Å². The summed E-state index contributed by atoms with van der Waals surface area (Å²) in [7, 11) is -6.27. The third-order valence-corrected chi connectivity index (χ3v) is 1.24. The largest absolute Gasteiger partial charge is 0.355 e. The van der Waals surface area contributed by atoms with E-state index in [-0.39, 0.29) is 0 Å². The van der Waals surface area contributed by atoms with E-state index in [9.17, 15) is 26.4 Å². The normalized spacial score (nSPS) is 10.3. The maximum Gasteiger partial charge on any atom is 0.337 e. The van der Waals surface area contributed by atoms with Gasteiger partial charge in [0.25, 0.3) is 0 Å². The Kier molecular flexibility index (Phi) is 6.52. The average molecular weight is 262 g/mol. The smallest absolute Gasteiger partial charge is 0.337 e. The zero-order chi connectivity index (χ0) is 11.8. The minimum absolute atomic E-state index is 0.952. The Hall–Kier alpha value is -1.24. The Morgan fingerprint density at radius 1 is 0.867 bits per heavy atom. The van der Waals surface area contributed by atoms with Crippen LogP contribution in [0.5, 0.6) is 0 Å². The zero-order valence-electron chi connectivity index (χ0n) is 6.87. The molecule has 10 nitrogen and oxygen atoms in total. The van der Waals surface area contributed by atoms with E-state index < -0.39 is 40.1 Å². The molecule has 88 valence electrons. The van der Waals surface area contributed by atoms with Gasteiger partial charge in [-0.05, 0) is 9.77 Å².